The number of methoxy groups -OCH3 is 1. The molecule has 1 atom stereocenters. The molecule has 2 aliphatic rings. The lowest BCUT2D eigenvalue weighted by Crippen LogP contribution is -2.50. The van der Waals surface area contributed by atoms with Gasteiger partial charge in [-0.1, -0.05) is 32.4 Å². The molecule has 2 fully saturated rings. The van der Waals surface area contributed by atoms with Crippen LogP contribution in [0.2, 0.25) is 5.02 Å². The number of amides is 1. The molecule has 0 unspecified atom stereocenters. The number of morpholine rings is 1. The van der Waals surface area contributed by atoms with Gasteiger partial charge in [-0.3, -0.25) is 9.69 Å². The molecule has 11 nitrogen and oxygen atoms in total. The van der Waals surface area contributed by atoms with Crippen LogP contribution in [0, 0.1) is 5.41 Å². The number of aromatic nitrogens is 3. The van der Waals surface area contributed by atoms with Crippen molar-refractivity contribution < 1.29 is 19.4 Å². The van der Waals surface area contributed by atoms with Crippen LogP contribution in [0.5, 0.6) is 5.75 Å². The van der Waals surface area contributed by atoms with Gasteiger partial charge in [-0.25, -0.2) is 0 Å². The molecule has 0 aliphatic carbocycles. The zero-order valence-electron chi connectivity index (χ0n) is 24.2. The summed E-state index contributed by atoms with van der Waals surface area (Å²) < 4.78 is 11.1. The number of ether oxygens (including phenoxy) is 2. The second kappa shape index (κ2) is 12.4. The number of halogens is 1. The maximum atomic E-state index is 13.4. The zero-order valence-corrected chi connectivity index (χ0v) is 24.9. The van der Waals surface area contributed by atoms with Gasteiger partial charge >= 0.3 is 0 Å². The van der Waals surface area contributed by atoms with Crippen LogP contribution in [0.1, 0.15) is 44.0 Å². The number of anilines is 3. The number of piperidine rings is 1. The number of aliphatic hydroxyl groups is 1. The summed E-state index contributed by atoms with van der Waals surface area (Å²) in [5.74, 6) is 1.32. The topological polar surface area (TPSA) is 128 Å². The van der Waals surface area contributed by atoms with Gasteiger partial charge in [-0.15, -0.1) is 0 Å². The fraction of sp³-hybridized carbons (Fsp3) is 0.552. The quantitative estimate of drug-likeness (QED) is 0.309. The van der Waals surface area contributed by atoms with Crippen molar-refractivity contribution in [3.63, 3.8) is 0 Å². The van der Waals surface area contributed by atoms with Gasteiger partial charge in [0.05, 0.1) is 49.1 Å². The Morgan fingerprint density at radius 3 is 2.61 bits per heavy atom. The smallest absolute Gasteiger partial charge is 0.253 e. The normalized spacial score (nSPS) is 18.0. The predicted octanol–water partition coefficient (Wildman–Crippen LogP) is 4.12. The van der Waals surface area contributed by atoms with Crippen molar-refractivity contribution in [2.24, 2.45) is 5.41 Å². The molecular weight excluding hydrogens is 546 g/mol. The number of fused-ring (bicyclic) bond motifs is 1. The van der Waals surface area contributed by atoms with E-state index in [2.05, 4.69) is 25.5 Å². The Bertz CT molecular complexity index is 1360. The van der Waals surface area contributed by atoms with Gasteiger partial charge in [0.25, 0.3) is 5.91 Å². The van der Waals surface area contributed by atoms with E-state index >= 15 is 0 Å². The summed E-state index contributed by atoms with van der Waals surface area (Å²) in [6.45, 7) is 11.0. The molecule has 2 aliphatic heterocycles. The number of likely N-dealkylation sites (tertiary alicyclic amines) is 1. The van der Waals surface area contributed by atoms with Crippen LogP contribution in [0.4, 0.5) is 17.5 Å². The van der Waals surface area contributed by atoms with E-state index < -0.39 is 0 Å². The van der Waals surface area contributed by atoms with Gasteiger partial charge in [-0.2, -0.15) is 9.97 Å². The molecule has 0 bridgehead atoms. The molecule has 2 aromatic heterocycles. The van der Waals surface area contributed by atoms with Crippen LogP contribution in [0.3, 0.4) is 0 Å². The number of benzene rings is 1. The Kier molecular flexibility index (Phi) is 8.88. The number of carbonyl (C=O) groups excluding carboxylic acids is 1. The van der Waals surface area contributed by atoms with E-state index in [1.165, 1.54) is 0 Å². The number of aromatic amines is 1. The third-order valence-corrected chi connectivity index (χ3v) is 8.33. The summed E-state index contributed by atoms with van der Waals surface area (Å²) in [6, 6.07) is 5.60. The van der Waals surface area contributed by atoms with E-state index in [4.69, 9.17) is 26.1 Å². The Morgan fingerprint density at radius 1 is 1.22 bits per heavy atom. The molecule has 222 valence electrons. The lowest BCUT2D eigenvalue weighted by molar-refractivity contribution is 0.00159. The highest BCUT2D eigenvalue weighted by Crippen LogP contribution is 2.34. The van der Waals surface area contributed by atoms with Crippen molar-refractivity contribution in [1.29, 1.82) is 0 Å². The van der Waals surface area contributed by atoms with E-state index in [1.54, 1.807) is 31.5 Å². The van der Waals surface area contributed by atoms with Crippen molar-refractivity contribution >= 4 is 46.0 Å². The van der Waals surface area contributed by atoms with E-state index in [0.717, 1.165) is 52.2 Å². The van der Waals surface area contributed by atoms with Crippen LogP contribution in [-0.4, -0.2) is 101 Å². The second-order valence-electron chi connectivity index (χ2n) is 11.7. The first-order valence-corrected chi connectivity index (χ1v) is 14.5. The maximum absolute atomic E-state index is 13.4. The minimum atomic E-state index is -0.266. The average Bonchev–Trinajstić information content (AvgIpc) is 3.36. The van der Waals surface area contributed by atoms with Gasteiger partial charge in [0.2, 0.25) is 5.95 Å². The zero-order chi connectivity index (χ0) is 29.1. The van der Waals surface area contributed by atoms with Gasteiger partial charge in [-0.05, 0) is 36.5 Å². The molecule has 0 saturated carbocycles. The molecule has 12 heteroatoms. The molecule has 3 aromatic rings. The standard InChI is InChI=1S/C29H40ClN7O4/c1-29(2,3)23(17-38)33-26-24-20(30)16-31-25(24)34-28(35-26)32-21-6-5-18(15-22(21)40-4)27(39)37-9-7-19(8-10-37)36-11-13-41-14-12-36/h5-6,15-16,19,23,38H,7-14,17H2,1-4H3,(H3,31,32,33,34,35)/t23-/m0/s1. The van der Waals surface area contributed by atoms with E-state index in [9.17, 15) is 9.90 Å². The third kappa shape index (κ3) is 6.53. The molecule has 1 aromatic carbocycles. The van der Waals surface area contributed by atoms with Crippen LogP contribution >= 0.6 is 11.6 Å². The fourth-order valence-electron chi connectivity index (χ4n) is 5.46. The van der Waals surface area contributed by atoms with E-state index in [0.29, 0.717) is 50.9 Å². The molecule has 2 saturated heterocycles. The monoisotopic (exact) mass is 585 g/mol. The summed E-state index contributed by atoms with van der Waals surface area (Å²) in [7, 11) is 1.57. The number of hydrogen-bond donors (Lipinski definition) is 4. The minimum Gasteiger partial charge on any atom is -0.495 e. The van der Waals surface area contributed by atoms with Crippen molar-refractivity contribution in [3.05, 3.63) is 35.0 Å². The first kappa shape index (κ1) is 29.4. The number of nitrogens with zero attached hydrogens (tertiary/aromatic N) is 4. The molecule has 0 spiro atoms. The van der Waals surface area contributed by atoms with Crippen LogP contribution in [0.25, 0.3) is 11.0 Å². The Balaban J connectivity index is 1.32. The first-order chi connectivity index (χ1) is 19.7. The Hall–Kier alpha value is -3.12. The van der Waals surface area contributed by atoms with Gasteiger partial charge in [0, 0.05) is 44.0 Å². The van der Waals surface area contributed by atoms with E-state index in [1.807, 2.05) is 25.7 Å². The first-order valence-electron chi connectivity index (χ1n) is 14.2. The summed E-state index contributed by atoms with van der Waals surface area (Å²) in [5.41, 5.74) is 1.51. The number of nitrogens with one attached hydrogen (secondary N) is 3. The summed E-state index contributed by atoms with van der Waals surface area (Å²) in [6.07, 6.45) is 3.59. The van der Waals surface area contributed by atoms with Crippen LogP contribution in [-0.2, 0) is 4.74 Å². The van der Waals surface area contributed by atoms with E-state index in [-0.39, 0.29) is 24.0 Å². The fourth-order valence-corrected chi connectivity index (χ4v) is 5.70. The highest BCUT2D eigenvalue weighted by Gasteiger charge is 2.29. The lowest BCUT2D eigenvalue weighted by atomic mass is 9.87. The summed E-state index contributed by atoms with van der Waals surface area (Å²) in [4.78, 5) is 30.2. The van der Waals surface area contributed by atoms with Crippen molar-refractivity contribution in [3.8, 4) is 5.75 Å². The van der Waals surface area contributed by atoms with Crippen molar-refractivity contribution in [2.45, 2.75) is 45.7 Å². The molecule has 4 heterocycles. The number of rotatable bonds is 8. The molecule has 4 N–H and O–H groups in total. The molecular formula is C29H40ClN7O4. The van der Waals surface area contributed by atoms with Crippen LogP contribution < -0.4 is 15.4 Å². The molecule has 5 rings (SSSR count). The third-order valence-electron chi connectivity index (χ3n) is 8.03. The average molecular weight is 586 g/mol. The largest absolute Gasteiger partial charge is 0.495 e. The number of carbonyl (C=O) groups is 1. The highest BCUT2D eigenvalue weighted by molar-refractivity contribution is 6.36. The SMILES string of the molecule is COc1cc(C(=O)N2CCC(N3CCOCC3)CC2)ccc1Nc1nc(N[C@@H](CO)C(C)(C)C)c2c(Cl)c[nH]c2n1. The summed E-state index contributed by atoms with van der Waals surface area (Å²) in [5, 5.41) is 17.7. The predicted molar refractivity (Wildman–Crippen MR) is 160 cm³/mol. The highest BCUT2D eigenvalue weighted by atomic mass is 35.5. The number of aliphatic hydroxyl groups excluding tert-OH is 1. The van der Waals surface area contributed by atoms with Crippen molar-refractivity contribution in [1.82, 2.24) is 24.8 Å². The molecule has 1 amide bonds. The lowest BCUT2D eigenvalue weighted by Gasteiger charge is -2.40. The van der Waals surface area contributed by atoms with Gasteiger partial charge in [0.1, 0.15) is 17.2 Å². The number of H-pyrrole nitrogens is 1. The number of hydrogen-bond acceptors (Lipinski definition) is 9. The Morgan fingerprint density at radius 2 is 1.95 bits per heavy atom. The Labute approximate surface area is 245 Å². The van der Waals surface area contributed by atoms with Crippen molar-refractivity contribution in [2.75, 3.05) is 63.7 Å². The van der Waals surface area contributed by atoms with Gasteiger partial charge in [0.15, 0.2) is 0 Å². The molecule has 0 radical (unpaired) electrons. The maximum Gasteiger partial charge on any atom is 0.253 e. The second-order valence-corrected chi connectivity index (χ2v) is 12.1. The van der Waals surface area contributed by atoms with Crippen LogP contribution in [0.15, 0.2) is 24.4 Å². The molecule has 41 heavy (non-hydrogen) atoms. The summed E-state index contributed by atoms with van der Waals surface area (Å²) >= 11 is 6.44. The van der Waals surface area contributed by atoms with Gasteiger partial charge < -0.3 is 35.1 Å². The minimum absolute atomic E-state index is 0.00214.